The Bertz CT molecular complexity index is 1010. The highest BCUT2D eigenvalue weighted by Crippen LogP contribution is 2.59. The van der Waals surface area contributed by atoms with Crippen LogP contribution in [-0.2, 0) is 15.8 Å². The Labute approximate surface area is 195 Å². The predicted molar refractivity (Wildman–Crippen MR) is 118 cm³/mol. The second kappa shape index (κ2) is 8.92. The van der Waals surface area contributed by atoms with Crippen LogP contribution in [0.3, 0.4) is 0 Å². The van der Waals surface area contributed by atoms with Crippen LogP contribution in [0.4, 0.5) is 23.8 Å². The van der Waals surface area contributed by atoms with Crippen LogP contribution in [-0.4, -0.2) is 51.5 Å². The van der Waals surface area contributed by atoms with Gasteiger partial charge in [-0.15, -0.1) is 6.58 Å². The monoisotopic (exact) mass is 482 g/mol. The van der Waals surface area contributed by atoms with E-state index in [9.17, 15) is 32.7 Å². The Kier molecular flexibility index (Phi) is 6.69. The zero-order valence-electron chi connectivity index (χ0n) is 19.3. The van der Waals surface area contributed by atoms with Crippen LogP contribution in [0.5, 0.6) is 0 Å². The summed E-state index contributed by atoms with van der Waals surface area (Å²) in [5, 5.41) is 15.0. The number of fused-ring (bicyclic) bond motifs is 1. The topological polar surface area (TPSA) is 112 Å². The van der Waals surface area contributed by atoms with E-state index in [0.29, 0.717) is 24.8 Å². The third-order valence-corrected chi connectivity index (χ3v) is 6.76. The van der Waals surface area contributed by atoms with Gasteiger partial charge in [0, 0.05) is 23.4 Å². The number of likely N-dealkylation sites (tertiary alicyclic amines) is 1. The lowest BCUT2D eigenvalue weighted by atomic mass is 9.86. The van der Waals surface area contributed by atoms with Gasteiger partial charge in [-0.2, -0.15) is 13.2 Å². The van der Waals surface area contributed by atoms with Gasteiger partial charge in [-0.1, -0.05) is 26.0 Å². The number of amides is 3. The van der Waals surface area contributed by atoms with E-state index in [-0.39, 0.29) is 24.7 Å². The number of halogens is 3. The van der Waals surface area contributed by atoms with Crippen LogP contribution in [0.15, 0.2) is 24.8 Å². The van der Waals surface area contributed by atoms with E-state index in [0.717, 1.165) is 11.0 Å². The quantitative estimate of drug-likeness (QED) is 0.486. The lowest BCUT2D eigenvalue weighted by Crippen LogP contribution is -2.45. The number of alkyl halides is 3. The molecule has 8 nitrogen and oxygen atoms in total. The van der Waals surface area contributed by atoms with Gasteiger partial charge in [0.05, 0.1) is 0 Å². The molecule has 2 fully saturated rings. The van der Waals surface area contributed by atoms with Crippen molar-refractivity contribution in [2.45, 2.75) is 64.7 Å². The summed E-state index contributed by atoms with van der Waals surface area (Å²) in [5.41, 5.74) is -2.06. The fraction of sp³-hybridized carbons (Fsp3) is 0.565. The molecule has 34 heavy (non-hydrogen) atoms. The summed E-state index contributed by atoms with van der Waals surface area (Å²) >= 11 is 0. The Morgan fingerprint density at radius 2 is 1.97 bits per heavy atom. The molecule has 1 aliphatic carbocycles. The molecule has 11 heteroatoms. The molecule has 186 valence electrons. The molecule has 1 aromatic heterocycles. The third-order valence-electron chi connectivity index (χ3n) is 6.76. The summed E-state index contributed by atoms with van der Waals surface area (Å²) < 4.78 is 39.0. The molecule has 3 atom stereocenters. The minimum absolute atomic E-state index is 0.154. The van der Waals surface area contributed by atoms with Crippen molar-refractivity contribution < 1.29 is 32.7 Å². The van der Waals surface area contributed by atoms with E-state index < -0.39 is 46.8 Å². The van der Waals surface area contributed by atoms with Crippen molar-refractivity contribution >= 4 is 23.7 Å². The highest BCUT2D eigenvalue weighted by Gasteiger charge is 2.67. The second-order valence-electron chi connectivity index (χ2n) is 9.73. The normalized spacial score (nSPS) is 23.8. The molecule has 3 N–H and O–H groups in total. The number of carbonyl (C=O) groups excluding carboxylic acids is 2. The Balaban J connectivity index is 1.72. The van der Waals surface area contributed by atoms with Crippen molar-refractivity contribution in [1.29, 1.82) is 0 Å². The number of hydrogen-bond donors (Lipinski definition) is 3. The number of anilines is 1. The van der Waals surface area contributed by atoms with E-state index in [4.69, 9.17) is 0 Å². The number of allylic oxidation sites excluding steroid dienone is 1. The first-order chi connectivity index (χ1) is 15.7. The number of hydrogen-bond acceptors (Lipinski definition) is 4. The van der Waals surface area contributed by atoms with E-state index in [2.05, 4.69) is 22.2 Å². The number of piperidine rings is 1. The largest absolute Gasteiger partial charge is 0.465 e. The van der Waals surface area contributed by atoms with E-state index in [1.54, 1.807) is 6.08 Å². The molecule has 3 rings (SSSR count). The fourth-order valence-corrected chi connectivity index (χ4v) is 4.47. The highest BCUT2D eigenvalue weighted by atomic mass is 19.4. The van der Waals surface area contributed by atoms with Gasteiger partial charge in [-0.05, 0) is 44.2 Å². The van der Waals surface area contributed by atoms with Gasteiger partial charge in [0.15, 0.2) is 0 Å². The number of rotatable bonds is 8. The standard InChI is InChI=1S/C23H29F3N4O4/c1-5-6-9-21(3,4)19(32)27-12-22-10-14(30(20(33)34)16(22)11-22)18(31)29-17-13(2)7-8-15(28-17)23(24,25)26/h5,7-8,14,16H,1,6,9-12H2,2-4H3,(H,27,32)(H,33,34)(H,28,29,31)/t14-,16+,22-/m0/s1. The maximum Gasteiger partial charge on any atom is 0.433 e. The van der Waals surface area contributed by atoms with Crippen molar-refractivity contribution in [3.05, 3.63) is 36.0 Å². The average molecular weight is 483 g/mol. The molecular formula is C23H29F3N4O4. The summed E-state index contributed by atoms with van der Waals surface area (Å²) in [6, 6.07) is 0.455. The minimum atomic E-state index is -4.68. The third kappa shape index (κ3) is 5.02. The molecular weight excluding hydrogens is 453 g/mol. The van der Waals surface area contributed by atoms with Gasteiger partial charge in [0.2, 0.25) is 11.8 Å². The SMILES string of the molecule is C=CCCC(C)(C)C(=O)NC[C@@]12C[C@@H](C(=O)Nc3nc(C(F)(F)F)ccc3C)N(C(=O)O)[C@@H]1C2. The predicted octanol–water partition coefficient (Wildman–Crippen LogP) is 3.97. The zero-order chi connectivity index (χ0) is 25.5. The lowest BCUT2D eigenvalue weighted by molar-refractivity contribution is -0.141. The van der Waals surface area contributed by atoms with Crippen LogP contribution in [0.25, 0.3) is 0 Å². The Morgan fingerprint density at radius 3 is 2.56 bits per heavy atom. The van der Waals surface area contributed by atoms with Gasteiger partial charge in [-0.3, -0.25) is 14.5 Å². The van der Waals surface area contributed by atoms with Crippen molar-refractivity contribution in [2.24, 2.45) is 10.8 Å². The molecule has 1 saturated carbocycles. The molecule has 2 heterocycles. The zero-order valence-corrected chi connectivity index (χ0v) is 19.3. The van der Waals surface area contributed by atoms with E-state index >= 15 is 0 Å². The van der Waals surface area contributed by atoms with E-state index in [1.165, 1.54) is 13.0 Å². The number of nitrogens with one attached hydrogen (secondary N) is 2. The van der Waals surface area contributed by atoms with Crippen LogP contribution < -0.4 is 10.6 Å². The van der Waals surface area contributed by atoms with Crippen molar-refractivity contribution in [3.63, 3.8) is 0 Å². The molecule has 1 aliphatic heterocycles. The van der Waals surface area contributed by atoms with Gasteiger partial charge < -0.3 is 15.7 Å². The first-order valence-corrected chi connectivity index (χ1v) is 11.0. The van der Waals surface area contributed by atoms with Gasteiger partial charge >= 0.3 is 12.3 Å². The molecule has 0 spiro atoms. The smallest absolute Gasteiger partial charge is 0.433 e. The van der Waals surface area contributed by atoms with Gasteiger partial charge in [-0.25, -0.2) is 9.78 Å². The number of aryl methyl sites for hydroxylation is 1. The molecule has 1 aromatic rings. The maximum atomic E-state index is 13.0. The molecule has 2 aliphatic rings. The van der Waals surface area contributed by atoms with Crippen LogP contribution in [0.2, 0.25) is 0 Å². The van der Waals surface area contributed by atoms with Crippen LogP contribution in [0.1, 0.15) is 50.8 Å². The molecule has 0 radical (unpaired) electrons. The molecule has 0 bridgehead atoms. The van der Waals surface area contributed by atoms with Crippen molar-refractivity contribution in [3.8, 4) is 0 Å². The van der Waals surface area contributed by atoms with Gasteiger partial charge in [0.25, 0.3) is 0 Å². The summed E-state index contributed by atoms with van der Waals surface area (Å²) in [6.45, 7) is 8.99. The van der Waals surface area contributed by atoms with Crippen LogP contribution in [0, 0.1) is 17.8 Å². The van der Waals surface area contributed by atoms with E-state index in [1.807, 2.05) is 13.8 Å². The lowest BCUT2D eigenvalue weighted by Gasteiger charge is -2.25. The summed E-state index contributed by atoms with van der Waals surface area (Å²) in [6.07, 6.45) is -2.32. The Morgan fingerprint density at radius 1 is 1.29 bits per heavy atom. The molecule has 0 aromatic carbocycles. The first kappa shape index (κ1) is 25.5. The number of carbonyl (C=O) groups is 3. The number of aromatic nitrogens is 1. The minimum Gasteiger partial charge on any atom is -0.465 e. The fourth-order valence-electron chi connectivity index (χ4n) is 4.47. The first-order valence-electron chi connectivity index (χ1n) is 11.0. The second-order valence-corrected chi connectivity index (χ2v) is 9.73. The molecule has 0 unspecified atom stereocenters. The highest BCUT2D eigenvalue weighted by molar-refractivity contribution is 5.97. The number of nitrogens with zero attached hydrogens (tertiary/aromatic N) is 2. The molecule has 3 amide bonds. The summed E-state index contributed by atoms with van der Waals surface area (Å²) in [4.78, 5) is 42.0. The summed E-state index contributed by atoms with van der Waals surface area (Å²) in [7, 11) is 0. The van der Waals surface area contributed by atoms with Crippen LogP contribution >= 0.6 is 0 Å². The maximum absolute atomic E-state index is 13.0. The number of carboxylic acid groups (broad SMARTS) is 1. The van der Waals surface area contributed by atoms with Crippen molar-refractivity contribution in [1.82, 2.24) is 15.2 Å². The van der Waals surface area contributed by atoms with Crippen molar-refractivity contribution in [2.75, 3.05) is 11.9 Å². The van der Waals surface area contributed by atoms with Gasteiger partial charge in [0.1, 0.15) is 17.6 Å². The summed E-state index contributed by atoms with van der Waals surface area (Å²) in [5.74, 6) is -1.19. The average Bonchev–Trinajstić information content (AvgIpc) is 3.34. The number of pyridine rings is 1. The Hall–Kier alpha value is -3.11. The molecule has 1 saturated heterocycles.